The molecule has 1 aromatic carbocycles. The van der Waals surface area contributed by atoms with Crippen LogP contribution in [0.3, 0.4) is 0 Å². The Morgan fingerprint density at radius 2 is 2.10 bits per heavy atom. The maximum atomic E-state index is 10.7. The lowest BCUT2D eigenvalue weighted by Gasteiger charge is -2.17. The Bertz CT molecular complexity index is 631. The Hall–Kier alpha value is -0.590. The fourth-order valence-electron chi connectivity index (χ4n) is 1.99. The Morgan fingerprint density at radius 1 is 1.38 bits per heavy atom. The highest BCUT2D eigenvalue weighted by Gasteiger charge is 2.22. The molecule has 0 saturated carbocycles. The lowest BCUT2D eigenvalue weighted by Crippen LogP contribution is -2.21. The molecule has 2 rings (SSSR count). The molecule has 0 aliphatic heterocycles. The summed E-state index contributed by atoms with van der Waals surface area (Å²) >= 11 is 15.6. The van der Waals surface area contributed by atoms with Gasteiger partial charge in [0.2, 0.25) is 0 Å². The van der Waals surface area contributed by atoms with Crippen molar-refractivity contribution in [3.05, 3.63) is 50.2 Å². The molecule has 0 aliphatic carbocycles. The quantitative estimate of drug-likeness (QED) is 0.845. The molecule has 0 radical (unpaired) electrons. The topological polar surface area (TPSA) is 41.3 Å². The van der Waals surface area contributed by atoms with E-state index in [1.54, 1.807) is 29.1 Å². The number of aliphatic hydroxyl groups excluding tert-OH is 1. The van der Waals surface area contributed by atoms with E-state index < -0.39 is 6.10 Å². The molecule has 1 unspecified atom stereocenters. The molecule has 1 N–H and O–H groups in total. The zero-order valence-electron chi connectivity index (χ0n) is 11.7. The molecular formula is C14H16BrCl2N3O. The summed E-state index contributed by atoms with van der Waals surface area (Å²) < 4.78 is 2.50. The van der Waals surface area contributed by atoms with E-state index in [-0.39, 0.29) is 0 Å². The summed E-state index contributed by atoms with van der Waals surface area (Å²) in [5, 5.41) is 15.9. The van der Waals surface area contributed by atoms with Gasteiger partial charge in [-0.05, 0) is 32.3 Å². The second-order valence-corrected chi connectivity index (χ2v) is 6.67. The van der Waals surface area contributed by atoms with Crippen LogP contribution in [-0.4, -0.2) is 40.4 Å². The molecule has 114 valence electrons. The lowest BCUT2D eigenvalue weighted by molar-refractivity contribution is 0.205. The first-order valence-corrected chi connectivity index (χ1v) is 7.94. The normalized spacial score (nSPS) is 12.9. The summed E-state index contributed by atoms with van der Waals surface area (Å²) in [5.41, 5.74) is 1.23. The molecule has 0 bridgehead atoms. The van der Waals surface area contributed by atoms with Crippen molar-refractivity contribution in [2.24, 2.45) is 0 Å². The number of hydrogen-bond acceptors (Lipinski definition) is 3. The Morgan fingerprint density at radius 3 is 2.76 bits per heavy atom. The number of rotatable bonds is 5. The Balaban J connectivity index is 2.36. The minimum atomic E-state index is -0.893. The maximum Gasteiger partial charge on any atom is 0.123 e. The van der Waals surface area contributed by atoms with Crippen molar-refractivity contribution >= 4 is 39.1 Å². The van der Waals surface area contributed by atoms with Gasteiger partial charge in [0, 0.05) is 21.6 Å². The van der Waals surface area contributed by atoms with Crippen molar-refractivity contribution in [2.75, 3.05) is 20.6 Å². The van der Waals surface area contributed by atoms with Gasteiger partial charge in [0.25, 0.3) is 0 Å². The summed E-state index contributed by atoms with van der Waals surface area (Å²) in [7, 11) is 3.96. The Labute approximate surface area is 142 Å². The first kappa shape index (κ1) is 16.8. The van der Waals surface area contributed by atoms with E-state index in [4.69, 9.17) is 23.2 Å². The van der Waals surface area contributed by atoms with Crippen LogP contribution in [0, 0.1) is 0 Å². The minimum absolute atomic E-state index is 0.438. The highest BCUT2D eigenvalue weighted by atomic mass is 79.9. The highest BCUT2D eigenvalue weighted by molar-refractivity contribution is 9.10. The van der Waals surface area contributed by atoms with Crippen LogP contribution in [0.1, 0.15) is 17.4 Å². The van der Waals surface area contributed by atoms with Crippen LogP contribution in [0.15, 0.2) is 28.9 Å². The number of likely N-dealkylation sites (N-methyl/N-ethyl adjacent to an activating group) is 1. The molecule has 0 amide bonds. The largest absolute Gasteiger partial charge is 0.382 e. The molecule has 1 heterocycles. The smallest absolute Gasteiger partial charge is 0.123 e. The molecule has 4 nitrogen and oxygen atoms in total. The summed E-state index contributed by atoms with van der Waals surface area (Å²) in [5.74, 6) is 0. The minimum Gasteiger partial charge on any atom is -0.382 e. The van der Waals surface area contributed by atoms with E-state index in [1.807, 2.05) is 19.0 Å². The van der Waals surface area contributed by atoms with Gasteiger partial charge in [-0.15, -0.1) is 0 Å². The molecule has 1 aromatic heterocycles. The van der Waals surface area contributed by atoms with Gasteiger partial charge in [0.15, 0.2) is 0 Å². The van der Waals surface area contributed by atoms with E-state index in [9.17, 15) is 5.11 Å². The SMILES string of the molecule is CN(C)CCn1ncc(Cl)c1C(O)c1cc(Cl)ccc1Br. The van der Waals surface area contributed by atoms with Crippen molar-refractivity contribution in [1.82, 2.24) is 14.7 Å². The fraction of sp³-hybridized carbons (Fsp3) is 0.357. The van der Waals surface area contributed by atoms with Crippen molar-refractivity contribution in [3.8, 4) is 0 Å². The van der Waals surface area contributed by atoms with Gasteiger partial charge in [-0.2, -0.15) is 5.10 Å². The van der Waals surface area contributed by atoms with Gasteiger partial charge in [0.05, 0.1) is 23.5 Å². The highest BCUT2D eigenvalue weighted by Crippen LogP contribution is 2.33. The zero-order chi connectivity index (χ0) is 15.6. The number of aliphatic hydroxyl groups is 1. The van der Waals surface area contributed by atoms with Gasteiger partial charge >= 0.3 is 0 Å². The van der Waals surface area contributed by atoms with Crippen LogP contribution in [0.4, 0.5) is 0 Å². The molecule has 1 atom stereocenters. The van der Waals surface area contributed by atoms with Crippen LogP contribution >= 0.6 is 39.1 Å². The monoisotopic (exact) mass is 391 g/mol. The average molecular weight is 393 g/mol. The molecule has 0 aliphatic rings. The van der Waals surface area contributed by atoms with E-state index in [0.29, 0.717) is 27.8 Å². The number of hydrogen-bond donors (Lipinski definition) is 1. The van der Waals surface area contributed by atoms with Gasteiger partial charge in [0.1, 0.15) is 6.10 Å². The van der Waals surface area contributed by atoms with E-state index in [0.717, 1.165) is 11.0 Å². The lowest BCUT2D eigenvalue weighted by atomic mass is 10.1. The van der Waals surface area contributed by atoms with Gasteiger partial charge in [-0.1, -0.05) is 39.1 Å². The zero-order valence-corrected chi connectivity index (χ0v) is 14.8. The van der Waals surface area contributed by atoms with Gasteiger partial charge in [-0.3, -0.25) is 4.68 Å². The first-order valence-electron chi connectivity index (χ1n) is 6.39. The van der Waals surface area contributed by atoms with Crippen molar-refractivity contribution < 1.29 is 5.11 Å². The van der Waals surface area contributed by atoms with Gasteiger partial charge < -0.3 is 10.0 Å². The van der Waals surface area contributed by atoms with Crippen LogP contribution in [0.25, 0.3) is 0 Å². The molecule has 21 heavy (non-hydrogen) atoms. The van der Waals surface area contributed by atoms with E-state index >= 15 is 0 Å². The molecule has 7 heteroatoms. The molecule has 0 fully saturated rings. The Kier molecular flexibility index (Phi) is 5.68. The van der Waals surface area contributed by atoms with Gasteiger partial charge in [-0.25, -0.2) is 0 Å². The number of halogens is 3. The second kappa shape index (κ2) is 7.11. The van der Waals surface area contributed by atoms with Crippen molar-refractivity contribution in [3.63, 3.8) is 0 Å². The fourth-order valence-corrected chi connectivity index (χ4v) is 2.88. The van der Waals surface area contributed by atoms with E-state index in [1.165, 1.54) is 0 Å². The summed E-state index contributed by atoms with van der Waals surface area (Å²) in [6.07, 6.45) is 0.657. The predicted molar refractivity (Wildman–Crippen MR) is 89.0 cm³/mol. The molecule has 0 saturated heterocycles. The van der Waals surface area contributed by atoms with Crippen molar-refractivity contribution in [2.45, 2.75) is 12.6 Å². The van der Waals surface area contributed by atoms with Crippen LogP contribution in [-0.2, 0) is 6.54 Å². The van der Waals surface area contributed by atoms with Crippen molar-refractivity contribution in [1.29, 1.82) is 0 Å². The first-order chi connectivity index (χ1) is 9.90. The second-order valence-electron chi connectivity index (χ2n) is 4.97. The predicted octanol–water partition coefficient (Wildman–Crippen LogP) is 3.60. The molecular weight excluding hydrogens is 377 g/mol. The number of nitrogens with zero attached hydrogens (tertiary/aromatic N) is 3. The average Bonchev–Trinajstić information content (AvgIpc) is 2.79. The number of aromatic nitrogens is 2. The third-order valence-corrected chi connectivity index (χ3v) is 4.35. The van der Waals surface area contributed by atoms with Crippen LogP contribution < -0.4 is 0 Å². The van der Waals surface area contributed by atoms with Crippen LogP contribution in [0.5, 0.6) is 0 Å². The van der Waals surface area contributed by atoms with E-state index in [2.05, 4.69) is 21.0 Å². The number of benzene rings is 1. The summed E-state index contributed by atoms with van der Waals surface area (Å²) in [4.78, 5) is 2.04. The standard InChI is InChI=1S/C14H16BrCl2N3O/c1-19(2)5-6-20-13(12(17)8-18-20)14(21)10-7-9(16)3-4-11(10)15/h3-4,7-8,14,21H,5-6H2,1-2H3. The molecule has 0 spiro atoms. The maximum absolute atomic E-state index is 10.7. The summed E-state index contributed by atoms with van der Waals surface area (Å²) in [6, 6.07) is 5.28. The third kappa shape index (κ3) is 3.99. The third-order valence-electron chi connectivity index (χ3n) is 3.10. The molecule has 2 aromatic rings. The van der Waals surface area contributed by atoms with Crippen LogP contribution in [0.2, 0.25) is 10.0 Å². The summed E-state index contributed by atoms with van der Waals surface area (Å²) in [6.45, 7) is 1.44.